The van der Waals surface area contributed by atoms with Gasteiger partial charge in [0, 0.05) is 0 Å². The van der Waals surface area contributed by atoms with E-state index in [2.05, 4.69) is 0 Å². The van der Waals surface area contributed by atoms with Crippen molar-refractivity contribution >= 4 is 11.9 Å². The molecule has 0 aromatic heterocycles. The first-order valence-electron chi connectivity index (χ1n) is 10.9. The van der Waals surface area contributed by atoms with Crippen molar-refractivity contribution in [3.05, 3.63) is 82.9 Å². The maximum Gasteiger partial charge on any atom is 0.342 e. The summed E-state index contributed by atoms with van der Waals surface area (Å²) in [5.41, 5.74) is 2.26. The summed E-state index contributed by atoms with van der Waals surface area (Å²) in [7, 11) is 0. The molecule has 2 aliphatic heterocycles. The highest BCUT2D eigenvalue weighted by atomic mass is 16.6. The van der Waals surface area contributed by atoms with E-state index in [9.17, 15) is 9.59 Å². The molecule has 2 heterocycles. The smallest absolute Gasteiger partial charge is 0.342 e. The van der Waals surface area contributed by atoms with Crippen LogP contribution in [0.1, 0.15) is 31.8 Å². The third-order valence-corrected chi connectivity index (χ3v) is 5.34. The predicted molar refractivity (Wildman–Crippen MR) is 120 cm³/mol. The van der Waals surface area contributed by atoms with Gasteiger partial charge in [-0.2, -0.15) is 0 Å². The van der Waals surface area contributed by atoms with Crippen molar-refractivity contribution in [1.82, 2.24) is 0 Å². The van der Waals surface area contributed by atoms with E-state index >= 15 is 0 Å². The van der Waals surface area contributed by atoms with Crippen molar-refractivity contribution in [2.45, 2.75) is 13.2 Å². The van der Waals surface area contributed by atoms with Crippen LogP contribution in [0.5, 0.6) is 23.0 Å². The Hall–Kier alpha value is -4.20. The second-order valence-corrected chi connectivity index (χ2v) is 7.63. The molecule has 0 aliphatic carbocycles. The molecule has 0 atom stereocenters. The molecule has 3 aromatic rings. The van der Waals surface area contributed by atoms with E-state index in [0.29, 0.717) is 60.6 Å². The molecule has 0 saturated heterocycles. The summed E-state index contributed by atoms with van der Waals surface area (Å²) >= 11 is 0. The summed E-state index contributed by atoms with van der Waals surface area (Å²) in [6.07, 6.45) is 0. The van der Waals surface area contributed by atoms with Crippen LogP contribution < -0.4 is 18.9 Å². The van der Waals surface area contributed by atoms with Gasteiger partial charge in [-0.1, -0.05) is 36.4 Å². The van der Waals surface area contributed by atoms with E-state index in [4.69, 9.17) is 28.4 Å². The fraction of sp³-hybridized carbons (Fsp3) is 0.231. The van der Waals surface area contributed by atoms with Crippen LogP contribution in [-0.4, -0.2) is 38.4 Å². The number of para-hydroxylation sites is 2. The predicted octanol–water partition coefficient (Wildman–Crippen LogP) is 3.94. The lowest BCUT2D eigenvalue weighted by molar-refractivity contribution is 0.0450. The van der Waals surface area contributed by atoms with Gasteiger partial charge in [0.2, 0.25) is 0 Å². The minimum Gasteiger partial charge on any atom is -0.486 e. The van der Waals surface area contributed by atoms with Crippen LogP contribution in [0.15, 0.2) is 60.7 Å². The summed E-state index contributed by atoms with van der Waals surface area (Å²) in [6, 6.07) is 17.5. The Bertz CT molecular complexity index is 1110. The van der Waals surface area contributed by atoms with Gasteiger partial charge in [-0.25, -0.2) is 9.59 Å². The van der Waals surface area contributed by atoms with Gasteiger partial charge in [-0.3, -0.25) is 0 Å². The fourth-order valence-electron chi connectivity index (χ4n) is 3.65. The van der Waals surface area contributed by atoms with Gasteiger partial charge in [-0.15, -0.1) is 0 Å². The molecule has 0 N–H and O–H groups in total. The van der Waals surface area contributed by atoms with E-state index in [1.165, 1.54) is 0 Å². The molecule has 0 radical (unpaired) electrons. The highest BCUT2D eigenvalue weighted by molar-refractivity contribution is 5.94. The zero-order chi connectivity index (χ0) is 23.3. The molecule has 174 valence electrons. The molecule has 0 saturated carbocycles. The number of carbonyl (C=O) groups is 2. The summed E-state index contributed by atoms with van der Waals surface area (Å²) < 4.78 is 33.0. The van der Waals surface area contributed by atoms with Crippen LogP contribution in [0.25, 0.3) is 0 Å². The highest BCUT2D eigenvalue weighted by Gasteiger charge is 2.22. The molecule has 2 aliphatic rings. The second-order valence-electron chi connectivity index (χ2n) is 7.63. The highest BCUT2D eigenvalue weighted by Crippen LogP contribution is 2.35. The standard InChI is InChI=1S/C26H22O8/c27-25(19-3-1-5-21-23(19)31-13-11-29-21)33-15-17-7-9-18(10-8-17)16-34-26(28)20-4-2-6-22-24(20)32-14-12-30-22/h1-10H,11-16H2. The lowest BCUT2D eigenvalue weighted by Gasteiger charge is -2.20. The molecule has 0 bridgehead atoms. The largest absolute Gasteiger partial charge is 0.486 e. The van der Waals surface area contributed by atoms with Crippen LogP contribution in [0, 0.1) is 0 Å². The van der Waals surface area contributed by atoms with Gasteiger partial charge in [0.25, 0.3) is 0 Å². The Morgan fingerprint density at radius 3 is 1.44 bits per heavy atom. The van der Waals surface area contributed by atoms with Gasteiger partial charge >= 0.3 is 11.9 Å². The molecule has 8 heteroatoms. The van der Waals surface area contributed by atoms with Gasteiger partial charge in [0.15, 0.2) is 23.0 Å². The van der Waals surface area contributed by atoms with E-state index in [-0.39, 0.29) is 13.2 Å². The molecular weight excluding hydrogens is 440 g/mol. The van der Waals surface area contributed by atoms with E-state index in [1.807, 2.05) is 24.3 Å². The van der Waals surface area contributed by atoms with Crippen molar-refractivity contribution in [2.24, 2.45) is 0 Å². The van der Waals surface area contributed by atoms with Gasteiger partial charge in [0.05, 0.1) is 0 Å². The number of rotatable bonds is 6. The molecule has 0 amide bonds. The monoisotopic (exact) mass is 462 g/mol. The molecule has 8 nitrogen and oxygen atoms in total. The third kappa shape index (κ3) is 4.61. The number of fused-ring (bicyclic) bond motifs is 2. The lowest BCUT2D eigenvalue weighted by Crippen LogP contribution is -2.18. The third-order valence-electron chi connectivity index (χ3n) is 5.34. The molecule has 5 rings (SSSR count). The molecule has 0 fully saturated rings. The van der Waals surface area contributed by atoms with E-state index < -0.39 is 11.9 Å². The first-order chi connectivity index (χ1) is 16.7. The Labute approximate surface area is 195 Å². The molecular formula is C26H22O8. The average molecular weight is 462 g/mol. The van der Waals surface area contributed by atoms with Crippen molar-refractivity contribution in [3.63, 3.8) is 0 Å². The minimum absolute atomic E-state index is 0.0942. The van der Waals surface area contributed by atoms with Gasteiger partial charge in [0.1, 0.15) is 50.8 Å². The average Bonchev–Trinajstić information content (AvgIpc) is 2.90. The summed E-state index contributed by atoms with van der Waals surface area (Å²) in [6.45, 7) is 1.85. The minimum atomic E-state index is -0.488. The SMILES string of the molecule is O=C(OCc1ccc(COC(=O)c2cccc3c2OCCO3)cc1)c1cccc2c1OCCO2. The van der Waals surface area contributed by atoms with Gasteiger partial charge < -0.3 is 28.4 Å². The Morgan fingerprint density at radius 1 is 0.588 bits per heavy atom. The normalized spacial score (nSPS) is 13.6. The second kappa shape index (κ2) is 9.74. The fourth-order valence-corrected chi connectivity index (χ4v) is 3.65. The van der Waals surface area contributed by atoms with Crippen LogP contribution in [0.4, 0.5) is 0 Å². The molecule has 34 heavy (non-hydrogen) atoms. The molecule has 3 aromatic carbocycles. The van der Waals surface area contributed by atoms with Crippen molar-refractivity contribution in [2.75, 3.05) is 26.4 Å². The van der Waals surface area contributed by atoms with Crippen LogP contribution in [0.2, 0.25) is 0 Å². The maximum absolute atomic E-state index is 12.5. The van der Waals surface area contributed by atoms with Crippen molar-refractivity contribution in [3.8, 4) is 23.0 Å². The van der Waals surface area contributed by atoms with Crippen molar-refractivity contribution < 1.29 is 38.0 Å². The van der Waals surface area contributed by atoms with Crippen LogP contribution in [0.3, 0.4) is 0 Å². The lowest BCUT2D eigenvalue weighted by atomic mass is 10.1. The van der Waals surface area contributed by atoms with Gasteiger partial charge in [-0.05, 0) is 35.4 Å². The first kappa shape index (κ1) is 21.6. The summed E-state index contributed by atoms with van der Waals surface area (Å²) in [4.78, 5) is 25.1. The number of benzene rings is 3. The Morgan fingerprint density at radius 2 is 1.00 bits per heavy atom. The zero-order valence-corrected chi connectivity index (χ0v) is 18.3. The molecule has 0 spiro atoms. The summed E-state index contributed by atoms with van der Waals surface area (Å²) in [5, 5.41) is 0. The van der Waals surface area contributed by atoms with Crippen LogP contribution in [-0.2, 0) is 22.7 Å². The zero-order valence-electron chi connectivity index (χ0n) is 18.3. The topological polar surface area (TPSA) is 89.5 Å². The quantitative estimate of drug-likeness (QED) is 0.509. The van der Waals surface area contributed by atoms with Crippen molar-refractivity contribution in [1.29, 1.82) is 0 Å². The summed E-state index contributed by atoms with van der Waals surface area (Å²) in [5.74, 6) is 0.917. The first-order valence-corrected chi connectivity index (χ1v) is 10.9. The number of ether oxygens (including phenoxy) is 6. The number of hydrogen-bond donors (Lipinski definition) is 0. The van der Waals surface area contributed by atoms with E-state index in [0.717, 1.165) is 11.1 Å². The molecule has 0 unspecified atom stereocenters. The van der Waals surface area contributed by atoms with Crippen LogP contribution >= 0.6 is 0 Å². The Kier molecular flexibility index (Phi) is 6.20. The Balaban J connectivity index is 1.16. The maximum atomic E-state index is 12.5. The number of hydrogen-bond acceptors (Lipinski definition) is 8. The number of carbonyl (C=O) groups excluding carboxylic acids is 2. The number of esters is 2. The van der Waals surface area contributed by atoms with E-state index in [1.54, 1.807) is 36.4 Å².